The number of rotatable bonds is 7. The predicted molar refractivity (Wildman–Crippen MR) is 130 cm³/mol. The molecule has 9 nitrogen and oxygen atoms in total. The van der Waals surface area contributed by atoms with Gasteiger partial charge in [0.1, 0.15) is 11.3 Å². The van der Waals surface area contributed by atoms with Gasteiger partial charge in [0.2, 0.25) is 5.95 Å². The van der Waals surface area contributed by atoms with Crippen molar-refractivity contribution in [2.75, 3.05) is 37.0 Å². The minimum Gasteiger partial charge on any atom is -0.396 e. The molecule has 0 amide bonds. The van der Waals surface area contributed by atoms with Gasteiger partial charge in [-0.05, 0) is 49.8 Å². The van der Waals surface area contributed by atoms with Gasteiger partial charge in [-0.2, -0.15) is 0 Å². The lowest BCUT2D eigenvalue weighted by atomic mass is 9.86. The molecule has 0 bridgehead atoms. The van der Waals surface area contributed by atoms with Gasteiger partial charge in [0, 0.05) is 48.0 Å². The van der Waals surface area contributed by atoms with E-state index in [2.05, 4.69) is 30.6 Å². The molecule has 0 spiro atoms. The van der Waals surface area contributed by atoms with E-state index >= 15 is 0 Å². The highest BCUT2D eigenvalue weighted by Gasteiger charge is 2.24. The van der Waals surface area contributed by atoms with E-state index in [1.807, 2.05) is 18.2 Å². The predicted octanol–water partition coefficient (Wildman–Crippen LogP) is 3.81. The van der Waals surface area contributed by atoms with Gasteiger partial charge in [0.25, 0.3) is 0 Å². The molecule has 2 fully saturated rings. The molecule has 3 aromatic rings. The van der Waals surface area contributed by atoms with Crippen molar-refractivity contribution in [1.29, 1.82) is 0 Å². The molecule has 3 N–H and O–H groups in total. The Balaban J connectivity index is 1.07. The molecule has 1 aliphatic heterocycles. The minimum absolute atomic E-state index is 0.0306. The van der Waals surface area contributed by atoms with Gasteiger partial charge in [0.05, 0.1) is 19.8 Å². The van der Waals surface area contributed by atoms with Crippen LogP contribution in [0.2, 0.25) is 5.15 Å². The Hall–Kier alpha value is -2.59. The third-order valence-corrected chi connectivity index (χ3v) is 6.76. The van der Waals surface area contributed by atoms with Crippen LogP contribution in [0.4, 0.5) is 11.8 Å². The van der Waals surface area contributed by atoms with E-state index in [9.17, 15) is 0 Å². The Morgan fingerprint density at radius 2 is 1.74 bits per heavy atom. The molecule has 1 aliphatic carbocycles. The van der Waals surface area contributed by atoms with Crippen molar-refractivity contribution in [3.05, 3.63) is 47.5 Å². The number of aliphatic hydroxyl groups excluding tert-OH is 1. The van der Waals surface area contributed by atoms with Crippen molar-refractivity contribution in [2.24, 2.45) is 11.8 Å². The molecule has 180 valence electrons. The fraction of sp³-hybridized carbons (Fsp3) is 0.500. The molecule has 1 saturated carbocycles. The monoisotopic (exact) mass is 484 g/mol. The lowest BCUT2D eigenvalue weighted by Crippen LogP contribution is -2.30. The van der Waals surface area contributed by atoms with Crippen molar-refractivity contribution in [1.82, 2.24) is 19.9 Å². The average Bonchev–Trinajstić information content (AvgIpc) is 2.89. The SMILES string of the molecule is OCC1COC(c2cnc(NC[C@H]3CC[C@H](Nc4ccc5ccnc(Cl)c5n4)CC3)nc2)OC1. The molecule has 10 heteroatoms. The van der Waals surface area contributed by atoms with Gasteiger partial charge in [-0.25, -0.2) is 19.9 Å². The fourth-order valence-electron chi connectivity index (χ4n) is 4.44. The molecule has 0 radical (unpaired) electrons. The largest absolute Gasteiger partial charge is 0.396 e. The van der Waals surface area contributed by atoms with E-state index in [1.54, 1.807) is 18.6 Å². The quantitative estimate of drug-likeness (QED) is 0.430. The number of anilines is 2. The highest BCUT2D eigenvalue weighted by atomic mass is 35.5. The summed E-state index contributed by atoms with van der Waals surface area (Å²) >= 11 is 6.20. The third-order valence-electron chi connectivity index (χ3n) is 6.48. The van der Waals surface area contributed by atoms with Crippen LogP contribution in [0, 0.1) is 11.8 Å². The maximum atomic E-state index is 9.17. The smallest absolute Gasteiger partial charge is 0.222 e. The topological polar surface area (TPSA) is 114 Å². The molecular weight excluding hydrogens is 456 g/mol. The zero-order chi connectivity index (χ0) is 23.3. The molecule has 2 aliphatic rings. The van der Waals surface area contributed by atoms with E-state index < -0.39 is 6.29 Å². The molecule has 0 unspecified atom stereocenters. The summed E-state index contributed by atoms with van der Waals surface area (Å²) in [5.74, 6) is 2.06. The van der Waals surface area contributed by atoms with Gasteiger partial charge in [0.15, 0.2) is 11.4 Å². The molecule has 4 heterocycles. The van der Waals surface area contributed by atoms with Gasteiger partial charge in [-0.15, -0.1) is 0 Å². The Morgan fingerprint density at radius 1 is 0.971 bits per heavy atom. The molecule has 0 atom stereocenters. The van der Waals surface area contributed by atoms with Crippen molar-refractivity contribution in [3.8, 4) is 0 Å². The van der Waals surface area contributed by atoms with Crippen LogP contribution in [0.25, 0.3) is 10.9 Å². The van der Waals surface area contributed by atoms with Crippen molar-refractivity contribution in [2.45, 2.75) is 38.0 Å². The standard InChI is InChI=1S/C24H29ClN6O3/c25-22-21-17(7-8-26-22)3-6-20(31-21)30-19-4-1-15(2-5-19)9-27-24-28-10-18(11-29-24)23-33-13-16(12-32)14-34-23/h3,6-8,10-11,15-16,19,23,32H,1-2,4-5,9,12-14H2,(H,30,31)(H,27,28,29)/t15-,16?,19-,23?. The van der Waals surface area contributed by atoms with Crippen LogP contribution in [0.5, 0.6) is 0 Å². The molecule has 0 aromatic carbocycles. The van der Waals surface area contributed by atoms with Crippen molar-refractivity contribution >= 4 is 34.3 Å². The van der Waals surface area contributed by atoms with Crippen LogP contribution in [0.15, 0.2) is 36.8 Å². The van der Waals surface area contributed by atoms with E-state index in [-0.39, 0.29) is 12.5 Å². The summed E-state index contributed by atoms with van der Waals surface area (Å²) in [5, 5.41) is 17.5. The lowest BCUT2D eigenvalue weighted by Gasteiger charge is -2.29. The number of fused-ring (bicyclic) bond motifs is 1. The second-order valence-electron chi connectivity index (χ2n) is 9.00. The summed E-state index contributed by atoms with van der Waals surface area (Å²) in [4.78, 5) is 17.6. The molecule has 5 rings (SSSR count). The number of hydrogen-bond acceptors (Lipinski definition) is 9. The second-order valence-corrected chi connectivity index (χ2v) is 9.36. The van der Waals surface area contributed by atoms with Crippen molar-refractivity contribution < 1.29 is 14.6 Å². The zero-order valence-corrected chi connectivity index (χ0v) is 19.6. The van der Waals surface area contributed by atoms with Crippen LogP contribution in [-0.2, 0) is 9.47 Å². The highest BCUT2D eigenvalue weighted by molar-refractivity contribution is 6.33. The van der Waals surface area contributed by atoms with Crippen LogP contribution >= 0.6 is 11.6 Å². The molecule has 34 heavy (non-hydrogen) atoms. The molecule has 1 saturated heterocycles. The van der Waals surface area contributed by atoms with Crippen LogP contribution < -0.4 is 10.6 Å². The van der Waals surface area contributed by atoms with E-state index in [0.717, 1.165) is 54.5 Å². The van der Waals surface area contributed by atoms with Gasteiger partial charge >= 0.3 is 0 Å². The highest BCUT2D eigenvalue weighted by Crippen LogP contribution is 2.28. The summed E-state index contributed by atoms with van der Waals surface area (Å²) < 4.78 is 11.3. The summed E-state index contributed by atoms with van der Waals surface area (Å²) in [6, 6.07) is 6.34. The third kappa shape index (κ3) is 5.55. The van der Waals surface area contributed by atoms with Crippen LogP contribution in [0.3, 0.4) is 0 Å². The Bertz CT molecular complexity index is 1090. The Labute approximate surface area is 203 Å². The van der Waals surface area contributed by atoms with E-state index in [1.165, 1.54) is 0 Å². The number of aliphatic hydroxyl groups is 1. The average molecular weight is 485 g/mol. The van der Waals surface area contributed by atoms with Crippen LogP contribution in [0.1, 0.15) is 37.5 Å². The Kier molecular flexibility index (Phi) is 7.34. The lowest BCUT2D eigenvalue weighted by molar-refractivity contribution is -0.209. The van der Waals surface area contributed by atoms with Gasteiger partial charge < -0.3 is 25.2 Å². The van der Waals surface area contributed by atoms with Gasteiger partial charge in [-0.1, -0.05) is 11.6 Å². The number of halogens is 1. The molecule has 3 aromatic heterocycles. The number of hydrogen-bond donors (Lipinski definition) is 3. The fourth-order valence-corrected chi connectivity index (χ4v) is 4.65. The maximum absolute atomic E-state index is 9.17. The van der Waals surface area contributed by atoms with E-state index in [4.69, 9.17) is 26.2 Å². The first-order valence-corrected chi connectivity index (χ1v) is 12.1. The summed E-state index contributed by atoms with van der Waals surface area (Å²) in [5.41, 5.74) is 1.52. The van der Waals surface area contributed by atoms with Crippen molar-refractivity contribution in [3.63, 3.8) is 0 Å². The number of ether oxygens (including phenoxy) is 2. The van der Waals surface area contributed by atoms with Gasteiger partial charge in [-0.3, -0.25) is 0 Å². The number of pyridine rings is 2. The van der Waals surface area contributed by atoms with E-state index in [0.29, 0.717) is 36.3 Å². The first kappa shape index (κ1) is 23.2. The minimum atomic E-state index is -0.469. The summed E-state index contributed by atoms with van der Waals surface area (Å²) in [6.07, 6.45) is 9.10. The Morgan fingerprint density at radius 3 is 2.47 bits per heavy atom. The number of aromatic nitrogens is 4. The normalized spacial score (nSPS) is 25.2. The number of nitrogens with one attached hydrogen (secondary N) is 2. The first-order chi connectivity index (χ1) is 16.7. The number of nitrogens with zero attached hydrogens (tertiary/aromatic N) is 4. The summed E-state index contributed by atoms with van der Waals surface area (Å²) in [7, 11) is 0. The first-order valence-electron chi connectivity index (χ1n) is 11.8. The maximum Gasteiger partial charge on any atom is 0.222 e. The zero-order valence-electron chi connectivity index (χ0n) is 18.9. The summed E-state index contributed by atoms with van der Waals surface area (Å²) in [6.45, 7) is 1.86. The second kappa shape index (κ2) is 10.8. The molecular formula is C24H29ClN6O3. The van der Waals surface area contributed by atoms with Crippen LogP contribution in [-0.4, -0.2) is 57.4 Å².